The molecule has 1 N–H and O–H groups in total. The van der Waals surface area contributed by atoms with Crippen molar-refractivity contribution in [1.82, 2.24) is 10.2 Å². The van der Waals surface area contributed by atoms with Gasteiger partial charge >= 0.3 is 5.97 Å². The number of nitrogens with zero attached hydrogens (tertiary/aromatic N) is 2. The fraction of sp³-hybridized carbons (Fsp3) is 0.625. The van der Waals surface area contributed by atoms with Crippen LogP contribution in [-0.2, 0) is 14.3 Å². The first-order valence-corrected chi connectivity index (χ1v) is 11.3. The van der Waals surface area contributed by atoms with Crippen LogP contribution < -0.4 is 5.32 Å². The average Bonchev–Trinajstić information content (AvgIpc) is 3.19. The Morgan fingerprint density at radius 1 is 1.29 bits per heavy atom. The van der Waals surface area contributed by atoms with E-state index in [-0.39, 0.29) is 43.4 Å². The van der Waals surface area contributed by atoms with Crippen LogP contribution >= 0.6 is 0 Å². The van der Waals surface area contributed by atoms with Crippen LogP contribution in [0.2, 0.25) is 0 Å². The number of hydrogen-bond donors (Lipinski definition) is 1. The van der Waals surface area contributed by atoms with Crippen LogP contribution in [0.15, 0.2) is 30.3 Å². The zero-order chi connectivity index (χ0) is 22.0. The molecule has 0 radical (unpaired) electrons. The molecule has 1 aromatic carbocycles. The van der Waals surface area contributed by atoms with Gasteiger partial charge in [-0.3, -0.25) is 9.59 Å². The zero-order valence-electron chi connectivity index (χ0n) is 17.9. The second-order valence-corrected chi connectivity index (χ2v) is 9.26. The Hall–Kier alpha value is -2.46. The van der Waals surface area contributed by atoms with Gasteiger partial charge in [0.15, 0.2) is 0 Å². The summed E-state index contributed by atoms with van der Waals surface area (Å²) in [4.78, 5) is 27.2. The van der Waals surface area contributed by atoms with Crippen LogP contribution in [0.1, 0.15) is 57.1 Å². The van der Waals surface area contributed by atoms with Gasteiger partial charge in [0.05, 0.1) is 25.1 Å². The van der Waals surface area contributed by atoms with Gasteiger partial charge in [-0.1, -0.05) is 30.3 Å². The lowest BCUT2D eigenvalue weighted by molar-refractivity contribution is -0.162. The quantitative estimate of drug-likeness (QED) is 0.705. The second-order valence-electron chi connectivity index (χ2n) is 9.26. The average molecular weight is 428 g/mol. The Kier molecular flexibility index (Phi) is 6.29. The molecule has 1 aliphatic heterocycles. The van der Waals surface area contributed by atoms with Crippen LogP contribution in [-0.4, -0.2) is 47.6 Å². The lowest BCUT2D eigenvalue weighted by atomic mass is 9.59. The highest BCUT2D eigenvalue weighted by atomic mass is 19.1. The Morgan fingerprint density at radius 2 is 2.00 bits per heavy atom. The summed E-state index contributed by atoms with van der Waals surface area (Å²) in [6.45, 7) is 1.85. The maximum Gasteiger partial charge on any atom is 0.311 e. The number of hydrogen-bond acceptors (Lipinski definition) is 5. The van der Waals surface area contributed by atoms with Crippen molar-refractivity contribution >= 4 is 11.9 Å². The number of fused-ring (bicyclic) bond motifs is 3. The number of halogens is 1. The number of benzene rings is 1. The minimum Gasteiger partial charge on any atom is -0.458 e. The molecule has 166 valence electrons. The zero-order valence-corrected chi connectivity index (χ0v) is 17.9. The van der Waals surface area contributed by atoms with Gasteiger partial charge in [-0.2, -0.15) is 5.26 Å². The van der Waals surface area contributed by atoms with Crippen LogP contribution in [0, 0.1) is 23.2 Å². The molecule has 1 heterocycles. The van der Waals surface area contributed by atoms with Gasteiger partial charge in [0, 0.05) is 12.0 Å². The van der Waals surface area contributed by atoms with Crippen LogP contribution in [0.25, 0.3) is 0 Å². The number of nitriles is 1. The molecule has 2 unspecified atom stereocenters. The molecule has 7 heteroatoms. The maximum absolute atomic E-state index is 13.7. The number of ether oxygens (including phenoxy) is 1. The highest BCUT2D eigenvalue weighted by Crippen LogP contribution is 2.48. The third-order valence-corrected chi connectivity index (χ3v) is 7.39. The number of carbonyl (C=O) groups excluding carboxylic acids is 2. The normalized spacial score (nSPS) is 33.0. The van der Waals surface area contributed by atoms with Crippen molar-refractivity contribution in [3.63, 3.8) is 0 Å². The molecule has 4 fully saturated rings. The molecule has 4 atom stereocenters. The van der Waals surface area contributed by atoms with Gasteiger partial charge in [-0.25, -0.2) is 4.39 Å². The molecule has 3 aliphatic carbocycles. The molecular formula is C24H30FN3O3. The largest absolute Gasteiger partial charge is 0.458 e. The highest BCUT2D eigenvalue weighted by Gasteiger charge is 2.52. The minimum atomic E-state index is -1.15. The third kappa shape index (κ3) is 4.45. The van der Waals surface area contributed by atoms with Gasteiger partial charge in [0.25, 0.3) is 0 Å². The number of nitrogens with one attached hydrogen (secondary N) is 1. The Balaban J connectivity index is 1.43. The first-order chi connectivity index (χ1) is 14.9. The molecule has 3 saturated carbocycles. The van der Waals surface area contributed by atoms with Crippen LogP contribution in [0.4, 0.5) is 4.39 Å². The summed E-state index contributed by atoms with van der Waals surface area (Å²) in [5.41, 5.74) is 0.473. The molecule has 1 aromatic rings. The van der Waals surface area contributed by atoms with Crippen molar-refractivity contribution in [3.8, 4) is 6.07 Å². The standard InChI is InChI=1S/C24H30FN3O3/c1-16(18-5-3-2-4-6-18)31-23(30)21-11-17-7-9-24(21,10-8-17)27-14-22(29)28-15-19(25)12-20(28)13-26/h2-6,16-17,19-21,27H,7-12,14-15H2,1H3/t16?,17?,19-,20-,21?,24?/m0/s1. The lowest BCUT2D eigenvalue weighted by Crippen LogP contribution is -2.61. The summed E-state index contributed by atoms with van der Waals surface area (Å²) in [6, 6.07) is 11.0. The van der Waals surface area contributed by atoms with Crippen molar-refractivity contribution in [3.05, 3.63) is 35.9 Å². The predicted octanol–water partition coefficient (Wildman–Crippen LogP) is 3.29. The highest BCUT2D eigenvalue weighted by molar-refractivity contribution is 5.80. The third-order valence-electron chi connectivity index (χ3n) is 7.39. The second kappa shape index (κ2) is 8.96. The molecule has 0 aromatic heterocycles. The Morgan fingerprint density at radius 3 is 2.68 bits per heavy atom. The number of esters is 1. The number of amides is 1. The van der Waals surface area contributed by atoms with E-state index < -0.39 is 17.8 Å². The predicted molar refractivity (Wildman–Crippen MR) is 112 cm³/mol. The summed E-state index contributed by atoms with van der Waals surface area (Å²) in [6.07, 6.45) is 3.02. The number of carbonyl (C=O) groups is 2. The lowest BCUT2D eigenvalue weighted by Gasteiger charge is -2.51. The number of rotatable bonds is 6. The topological polar surface area (TPSA) is 82.4 Å². The van der Waals surface area contributed by atoms with E-state index in [4.69, 9.17) is 4.74 Å². The molecule has 5 rings (SSSR count). The summed E-state index contributed by atoms with van der Waals surface area (Å²) < 4.78 is 19.6. The summed E-state index contributed by atoms with van der Waals surface area (Å²) in [5.74, 6) is -0.296. The monoisotopic (exact) mass is 427 g/mol. The molecule has 0 spiro atoms. The molecule has 6 nitrogen and oxygen atoms in total. The fourth-order valence-electron chi connectivity index (χ4n) is 5.54. The molecule has 1 saturated heterocycles. The van der Waals surface area contributed by atoms with E-state index in [1.807, 2.05) is 43.3 Å². The van der Waals surface area contributed by atoms with E-state index >= 15 is 0 Å². The summed E-state index contributed by atoms with van der Waals surface area (Å²) in [5, 5.41) is 12.6. The first-order valence-electron chi connectivity index (χ1n) is 11.3. The van der Waals surface area contributed by atoms with Crippen LogP contribution in [0.5, 0.6) is 0 Å². The minimum absolute atomic E-state index is 0.00753. The maximum atomic E-state index is 13.7. The van der Waals surface area contributed by atoms with Crippen molar-refractivity contribution in [2.24, 2.45) is 11.8 Å². The van der Waals surface area contributed by atoms with Gasteiger partial charge in [0.2, 0.25) is 5.91 Å². The summed E-state index contributed by atoms with van der Waals surface area (Å²) in [7, 11) is 0. The van der Waals surface area contributed by atoms with E-state index in [1.54, 1.807) is 0 Å². The Bertz CT molecular complexity index is 847. The van der Waals surface area contributed by atoms with E-state index in [0.29, 0.717) is 5.92 Å². The smallest absolute Gasteiger partial charge is 0.311 e. The van der Waals surface area contributed by atoms with E-state index in [9.17, 15) is 19.2 Å². The number of likely N-dealkylation sites (tertiary alicyclic amines) is 1. The van der Waals surface area contributed by atoms with Gasteiger partial charge in [-0.05, 0) is 50.5 Å². The van der Waals surface area contributed by atoms with Gasteiger partial charge in [0.1, 0.15) is 18.3 Å². The van der Waals surface area contributed by atoms with Crippen molar-refractivity contribution in [1.29, 1.82) is 5.26 Å². The van der Waals surface area contributed by atoms with Gasteiger partial charge < -0.3 is 15.0 Å². The SMILES string of the molecule is CC(OC(=O)C1CC2CCC1(NCC(=O)N1C[C@@H](F)C[C@H]1C#N)CC2)c1ccccc1. The molecule has 1 amide bonds. The van der Waals surface area contributed by atoms with E-state index in [1.165, 1.54) is 4.90 Å². The first kappa shape index (κ1) is 21.8. The summed E-state index contributed by atoms with van der Waals surface area (Å²) >= 11 is 0. The van der Waals surface area contributed by atoms with Gasteiger partial charge in [-0.15, -0.1) is 0 Å². The molecule has 4 aliphatic rings. The van der Waals surface area contributed by atoms with E-state index in [0.717, 1.165) is 37.7 Å². The van der Waals surface area contributed by atoms with Crippen molar-refractivity contribution < 1.29 is 18.7 Å². The molecular weight excluding hydrogens is 397 g/mol. The van der Waals surface area contributed by atoms with E-state index in [2.05, 4.69) is 5.32 Å². The molecule has 2 bridgehead atoms. The number of alkyl halides is 1. The van der Waals surface area contributed by atoms with Crippen LogP contribution in [0.3, 0.4) is 0 Å². The molecule has 31 heavy (non-hydrogen) atoms. The Labute approximate surface area is 182 Å². The van der Waals surface area contributed by atoms with Crippen molar-refractivity contribution in [2.45, 2.75) is 69.3 Å². The van der Waals surface area contributed by atoms with Crippen molar-refractivity contribution in [2.75, 3.05) is 13.1 Å². The fourth-order valence-corrected chi connectivity index (χ4v) is 5.54.